The van der Waals surface area contributed by atoms with Gasteiger partial charge < -0.3 is 10.5 Å². The summed E-state index contributed by atoms with van der Waals surface area (Å²) in [5, 5.41) is 10.9. The van der Waals surface area contributed by atoms with E-state index >= 15 is 0 Å². The van der Waals surface area contributed by atoms with E-state index in [1.165, 1.54) is 12.1 Å². The number of hydrogen-bond acceptors (Lipinski definition) is 4. The number of nitrogens with two attached hydrogens (primary N) is 1. The molecule has 21 heavy (non-hydrogen) atoms. The zero-order chi connectivity index (χ0) is 15.4. The molecule has 2 aromatic carbocycles. The maximum absolute atomic E-state index is 13.8. The summed E-state index contributed by atoms with van der Waals surface area (Å²) in [7, 11) is 0. The van der Waals surface area contributed by atoms with E-state index in [2.05, 4.69) is 0 Å². The standard InChI is InChI=1S/C15H15FN2O3/c1-10(17)13-7-6-12(8-14(13)16)21-9-11-4-2-3-5-15(11)18(19)20/h2-8,10H,9,17H2,1H3. The average molecular weight is 290 g/mol. The summed E-state index contributed by atoms with van der Waals surface area (Å²) in [6, 6.07) is 10.2. The molecule has 0 heterocycles. The third-order valence-corrected chi connectivity index (χ3v) is 3.05. The lowest BCUT2D eigenvalue weighted by atomic mass is 10.1. The maximum Gasteiger partial charge on any atom is 0.276 e. The van der Waals surface area contributed by atoms with E-state index < -0.39 is 16.8 Å². The lowest BCUT2D eigenvalue weighted by Crippen LogP contribution is -2.07. The van der Waals surface area contributed by atoms with Crippen LogP contribution in [0.1, 0.15) is 24.1 Å². The molecule has 0 aliphatic heterocycles. The van der Waals surface area contributed by atoms with Gasteiger partial charge in [-0.25, -0.2) is 4.39 Å². The predicted octanol–water partition coefficient (Wildman–Crippen LogP) is 3.33. The van der Waals surface area contributed by atoms with Gasteiger partial charge in [-0.2, -0.15) is 0 Å². The van der Waals surface area contributed by atoms with Gasteiger partial charge in [0.15, 0.2) is 0 Å². The van der Waals surface area contributed by atoms with Crippen molar-refractivity contribution in [1.29, 1.82) is 0 Å². The molecule has 0 aromatic heterocycles. The number of hydrogen-bond donors (Lipinski definition) is 1. The van der Waals surface area contributed by atoms with Crippen LogP contribution in [0.25, 0.3) is 0 Å². The van der Waals surface area contributed by atoms with Gasteiger partial charge >= 0.3 is 0 Å². The SMILES string of the molecule is CC(N)c1ccc(OCc2ccccc2[N+](=O)[O-])cc1F. The molecular weight excluding hydrogens is 275 g/mol. The summed E-state index contributed by atoms with van der Waals surface area (Å²) in [6.45, 7) is 1.68. The molecule has 0 aliphatic carbocycles. The fourth-order valence-corrected chi connectivity index (χ4v) is 1.94. The van der Waals surface area contributed by atoms with E-state index in [1.807, 2.05) is 0 Å². The molecule has 2 aromatic rings. The van der Waals surface area contributed by atoms with E-state index in [-0.39, 0.29) is 12.3 Å². The van der Waals surface area contributed by atoms with Crippen LogP contribution in [-0.2, 0) is 6.61 Å². The van der Waals surface area contributed by atoms with Gasteiger partial charge in [0, 0.05) is 23.7 Å². The minimum absolute atomic E-state index is 0.00583. The van der Waals surface area contributed by atoms with Crippen LogP contribution in [0.4, 0.5) is 10.1 Å². The Labute approximate surface area is 121 Å². The van der Waals surface area contributed by atoms with Gasteiger partial charge in [0.25, 0.3) is 5.69 Å². The second kappa shape index (κ2) is 6.32. The molecule has 1 atom stereocenters. The number of benzene rings is 2. The van der Waals surface area contributed by atoms with Crippen LogP contribution in [0.3, 0.4) is 0 Å². The van der Waals surface area contributed by atoms with Gasteiger partial charge in [-0.3, -0.25) is 10.1 Å². The molecule has 0 spiro atoms. The quantitative estimate of drug-likeness (QED) is 0.676. The number of nitro benzene ring substituents is 1. The molecule has 0 aliphatic rings. The first-order chi connectivity index (χ1) is 9.99. The number of para-hydroxylation sites is 1. The number of halogens is 1. The van der Waals surface area contributed by atoms with Crippen molar-refractivity contribution in [2.45, 2.75) is 19.6 Å². The van der Waals surface area contributed by atoms with Crippen molar-refractivity contribution in [3.8, 4) is 5.75 Å². The molecule has 0 fully saturated rings. The van der Waals surface area contributed by atoms with Crippen LogP contribution >= 0.6 is 0 Å². The summed E-state index contributed by atoms with van der Waals surface area (Å²) in [4.78, 5) is 10.4. The summed E-state index contributed by atoms with van der Waals surface area (Å²) in [5.41, 5.74) is 6.43. The highest BCUT2D eigenvalue weighted by Gasteiger charge is 2.13. The van der Waals surface area contributed by atoms with E-state index in [0.29, 0.717) is 16.9 Å². The lowest BCUT2D eigenvalue weighted by Gasteiger charge is -2.10. The molecule has 110 valence electrons. The highest BCUT2D eigenvalue weighted by Crippen LogP contribution is 2.23. The number of nitrogens with zero attached hydrogens (tertiary/aromatic N) is 1. The molecule has 5 nitrogen and oxygen atoms in total. The van der Waals surface area contributed by atoms with Crippen LogP contribution < -0.4 is 10.5 Å². The topological polar surface area (TPSA) is 78.4 Å². The largest absolute Gasteiger partial charge is 0.489 e. The Morgan fingerprint density at radius 3 is 2.67 bits per heavy atom. The minimum Gasteiger partial charge on any atom is -0.489 e. The summed E-state index contributed by atoms with van der Waals surface area (Å²) in [6.07, 6.45) is 0. The Hall–Kier alpha value is -2.47. The van der Waals surface area contributed by atoms with Crippen LogP contribution in [0.5, 0.6) is 5.75 Å². The fourth-order valence-electron chi connectivity index (χ4n) is 1.94. The highest BCUT2D eigenvalue weighted by molar-refractivity contribution is 5.40. The van der Waals surface area contributed by atoms with E-state index in [4.69, 9.17) is 10.5 Å². The molecule has 2 rings (SSSR count). The van der Waals surface area contributed by atoms with Crippen LogP contribution in [0, 0.1) is 15.9 Å². The summed E-state index contributed by atoms with van der Waals surface area (Å²) in [5.74, 6) is -0.153. The second-order valence-electron chi connectivity index (χ2n) is 4.65. The van der Waals surface area contributed by atoms with Gasteiger partial charge in [0.05, 0.1) is 10.5 Å². The Kier molecular flexibility index (Phi) is 4.49. The first kappa shape index (κ1) is 14.9. The Balaban J connectivity index is 2.14. The molecule has 2 N–H and O–H groups in total. The molecule has 0 saturated carbocycles. The van der Waals surface area contributed by atoms with Crippen molar-refractivity contribution in [3.63, 3.8) is 0 Å². The first-order valence-electron chi connectivity index (χ1n) is 6.39. The zero-order valence-electron chi connectivity index (χ0n) is 11.5. The van der Waals surface area contributed by atoms with E-state index in [0.717, 1.165) is 0 Å². The van der Waals surface area contributed by atoms with Crippen LogP contribution in [0.15, 0.2) is 42.5 Å². The normalized spacial score (nSPS) is 12.0. The number of nitro groups is 1. The predicted molar refractivity (Wildman–Crippen MR) is 76.4 cm³/mol. The lowest BCUT2D eigenvalue weighted by molar-refractivity contribution is -0.385. The fraction of sp³-hybridized carbons (Fsp3) is 0.200. The van der Waals surface area contributed by atoms with Crippen molar-refractivity contribution in [3.05, 3.63) is 69.5 Å². The van der Waals surface area contributed by atoms with Gasteiger partial charge in [-0.15, -0.1) is 0 Å². The van der Waals surface area contributed by atoms with Crippen molar-refractivity contribution >= 4 is 5.69 Å². The molecule has 0 saturated heterocycles. The molecule has 0 bridgehead atoms. The first-order valence-corrected chi connectivity index (χ1v) is 6.39. The summed E-state index contributed by atoms with van der Waals surface area (Å²) < 4.78 is 19.2. The van der Waals surface area contributed by atoms with E-state index in [1.54, 1.807) is 37.3 Å². The third kappa shape index (κ3) is 3.55. The highest BCUT2D eigenvalue weighted by atomic mass is 19.1. The molecule has 1 unspecified atom stereocenters. The third-order valence-electron chi connectivity index (χ3n) is 3.05. The van der Waals surface area contributed by atoms with Gasteiger partial charge in [-0.1, -0.05) is 18.2 Å². The molecular formula is C15H15FN2O3. The van der Waals surface area contributed by atoms with Crippen LogP contribution in [0.2, 0.25) is 0 Å². The molecule has 0 amide bonds. The Morgan fingerprint density at radius 2 is 2.05 bits per heavy atom. The Bertz CT molecular complexity index is 659. The van der Waals surface area contributed by atoms with Gasteiger partial charge in [0.1, 0.15) is 18.2 Å². The van der Waals surface area contributed by atoms with Crippen LogP contribution in [-0.4, -0.2) is 4.92 Å². The molecule has 6 heteroatoms. The van der Waals surface area contributed by atoms with Crippen molar-refractivity contribution in [2.24, 2.45) is 5.73 Å². The minimum atomic E-state index is -0.474. The van der Waals surface area contributed by atoms with Crippen molar-refractivity contribution in [2.75, 3.05) is 0 Å². The zero-order valence-corrected chi connectivity index (χ0v) is 11.5. The van der Waals surface area contributed by atoms with E-state index in [9.17, 15) is 14.5 Å². The summed E-state index contributed by atoms with van der Waals surface area (Å²) >= 11 is 0. The molecule has 0 radical (unpaired) electrons. The average Bonchev–Trinajstić information content (AvgIpc) is 2.45. The monoisotopic (exact) mass is 290 g/mol. The smallest absolute Gasteiger partial charge is 0.276 e. The number of rotatable bonds is 5. The van der Waals surface area contributed by atoms with Gasteiger partial charge in [-0.05, 0) is 19.1 Å². The Morgan fingerprint density at radius 1 is 1.33 bits per heavy atom. The maximum atomic E-state index is 13.8. The van der Waals surface area contributed by atoms with Crippen molar-refractivity contribution in [1.82, 2.24) is 0 Å². The second-order valence-corrected chi connectivity index (χ2v) is 4.65. The van der Waals surface area contributed by atoms with Gasteiger partial charge in [0.2, 0.25) is 0 Å². The van der Waals surface area contributed by atoms with Crippen molar-refractivity contribution < 1.29 is 14.1 Å². The number of ether oxygens (including phenoxy) is 1.